The average Bonchev–Trinajstić information content (AvgIpc) is 2.37. The first-order valence-corrected chi connectivity index (χ1v) is 6.19. The van der Waals surface area contributed by atoms with Gasteiger partial charge in [-0.25, -0.2) is 4.79 Å². The summed E-state index contributed by atoms with van der Waals surface area (Å²) in [5.41, 5.74) is 2.24. The monoisotopic (exact) mass is 252 g/mol. The van der Waals surface area contributed by atoms with E-state index in [1.807, 2.05) is 19.9 Å². The van der Waals surface area contributed by atoms with E-state index < -0.39 is 0 Å². The summed E-state index contributed by atoms with van der Waals surface area (Å²) in [6.07, 6.45) is 4.57. The quantitative estimate of drug-likeness (QED) is 0.764. The number of amides is 2. The van der Waals surface area contributed by atoms with Gasteiger partial charge in [-0.1, -0.05) is 25.3 Å². The third kappa shape index (κ3) is 4.04. The Balaban J connectivity index is 0.00000324. The van der Waals surface area contributed by atoms with Gasteiger partial charge in [0.05, 0.1) is 6.10 Å². The molecule has 0 radical (unpaired) electrons. The second-order valence-electron chi connectivity index (χ2n) is 4.47. The van der Waals surface area contributed by atoms with Gasteiger partial charge in [0, 0.05) is 14.5 Å². The molecule has 1 heterocycles. The smallest absolute Gasteiger partial charge is 0.319 e. The predicted molar refractivity (Wildman–Crippen MR) is 75.3 cm³/mol. The zero-order valence-electron chi connectivity index (χ0n) is 11.2. The highest BCUT2D eigenvalue weighted by Crippen LogP contribution is 2.19. The van der Waals surface area contributed by atoms with Crippen molar-refractivity contribution in [3.05, 3.63) is 36.5 Å². The summed E-state index contributed by atoms with van der Waals surface area (Å²) in [6.45, 7) is 12.9. The van der Waals surface area contributed by atoms with E-state index in [0.717, 1.165) is 12.0 Å². The molecular formula is C14H24N2O2. The number of rotatable bonds is 5. The molecule has 2 amide bonds. The molecular weight excluding hydrogens is 228 g/mol. The van der Waals surface area contributed by atoms with Crippen molar-refractivity contribution < 1.29 is 11.0 Å². The molecule has 0 atom stereocenters. The van der Waals surface area contributed by atoms with Gasteiger partial charge in [-0.2, -0.15) is 0 Å². The van der Waals surface area contributed by atoms with E-state index in [-0.39, 0.29) is 20.3 Å². The Morgan fingerprint density at radius 2 is 2.17 bits per heavy atom. The number of hydrogen-bond donors (Lipinski definition) is 1. The number of ether oxygens (including phenoxy) is 1. The van der Waals surface area contributed by atoms with Crippen LogP contribution in [0.3, 0.4) is 0 Å². The van der Waals surface area contributed by atoms with Crippen LogP contribution < -0.4 is 5.32 Å². The largest absolute Gasteiger partial charge is 0.359 e. The van der Waals surface area contributed by atoms with E-state index in [0.29, 0.717) is 13.1 Å². The summed E-state index contributed by atoms with van der Waals surface area (Å²) in [4.78, 5) is 13.6. The molecule has 0 fully saturated rings. The van der Waals surface area contributed by atoms with Crippen LogP contribution in [0.1, 0.15) is 21.7 Å². The first kappa shape index (κ1) is 14.5. The zero-order chi connectivity index (χ0) is 13.5. The second kappa shape index (κ2) is 7.01. The van der Waals surface area contributed by atoms with Gasteiger partial charge in [0.15, 0.2) is 0 Å². The highest BCUT2D eigenvalue weighted by molar-refractivity contribution is 5.74. The Morgan fingerprint density at radius 3 is 2.72 bits per heavy atom. The van der Waals surface area contributed by atoms with Gasteiger partial charge in [-0.15, -0.1) is 0 Å². The van der Waals surface area contributed by atoms with Crippen LogP contribution in [0.25, 0.3) is 0 Å². The van der Waals surface area contributed by atoms with E-state index in [9.17, 15) is 4.79 Å². The lowest BCUT2D eigenvalue weighted by molar-refractivity contribution is 0.0657. The van der Waals surface area contributed by atoms with E-state index in [1.165, 1.54) is 5.57 Å². The van der Waals surface area contributed by atoms with Gasteiger partial charge < -0.3 is 15.0 Å². The summed E-state index contributed by atoms with van der Waals surface area (Å²) in [5, 5.41) is 2.74. The molecule has 1 aliphatic rings. The molecule has 0 aromatic heterocycles. The van der Waals surface area contributed by atoms with Crippen LogP contribution >= 0.6 is 0 Å². The molecule has 0 saturated heterocycles. The SMILES string of the molecule is C=CC1=C(C=C)CN(C(=O)NCOC(C)C)CC1.[HH]. The lowest BCUT2D eigenvalue weighted by atomic mass is 10.0. The van der Waals surface area contributed by atoms with E-state index in [1.54, 1.807) is 11.0 Å². The van der Waals surface area contributed by atoms with Crippen LogP contribution in [-0.2, 0) is 4.74 Å². The van der Waals surface area contributed by atoms with Crippen molar-refractivity contribution in [2.75, 3.05) is 19.8 Å². The van der Waals surface area contributed by atoms with Gasteiger partial charge in [0.25, 0.3) is 0 Å². The minimum Gasteiger partial charge on any atom is -0.359 e. The normalized spacial score (nSPS) is 15.8. The first-order chi connectivity index (χ1) is 8.58. The predicted octanol–water partition coefficient (Wildman–Crippen LogP) is 2.70. The van der Waals surface area contributed by atoms with Crippen LogP contribution in [-0.4, -0.2) is 36.9 Å². The summed E-state index contributed by atoms with van der Waals surface area (Å²) in [7, 11) is 0. The molecule has 102 valence electrons. The summed E-state index contributed by atoms with van der Waals surface area (Å²) in [5.74, 6) is 0. The van der Waals surface area contributed by atoms with Crippen molar-refractivity contribution in [3.63, 3.8) is 0 Å². The number of carbonyl (C=O) groups is 1. The van der Waals surface area contributed by atoms with Crippen LogP contribution in [0.2, 0.25) is 0 Å². The van der Waals surface area contributed by atoms with Crippen LogP contribution in [0.5, 0.6) is 0 Å². The number of hydrogen-bond acceptors (Lipinski definition) is 2. The fourth-order valence-corrected chi connectivity index (χ4v) is 1.79. The average molecular weight is 252 g/mol. The molecule has 0 spiro atoms. The number of nitrogens with one attached hydrogen (secondary N) is 1. The maximum atomic E-state index is 11.9. The van der Waals surface area contributed by atoms with Crippen LogP contribution in [0.4, 0.5) is 4.79 Å². The molecule has 1 N–H and O–H groups in total. The maximum Gasteiger partial charge on any atom is 0.319 e. The minimum atomic E-state index is -0.0990. The van der Waals surface area contributed by atoms with Crippen molar-refractivity contribution in [2.24, 2.45) is 0 Å². The fourth-order valence-electron chi connectivity index (χ4n) is 1.79. The lowest BCUT2D eigenvalue weighted by Crippen LogP contribution is -2.44. The lowest BCUT2D eigenvalue weighted by Gasteiger charge is -2.29. The Kier molecular flexibility index (Phi) is 5.65. The highest BCUT2D eigenvalue weighted by atomic mass is 16.5. The van der Waals surface area contributed by atoms with E-state index >= 15 is 0 Å². The molecule has 18 heavy (non-hydrogen) atoms. The van der Waals surface area contributed by atoms with Crippen molar-refractivity contribution in [1.82, 2.24) is 10.2 Å². The van der Waals surface area contributed by atoms with Crippen molar-refractivity contribution >= 4 is 6.03 Å². The second-order valence-corrected chi connectivity index (χ2v) is 4.47. The first-order valence-electron chi connectivity index (χ1n) is 6.19. The Labute approximate surface area is 110 Å². The molecule has 0 bridgehead atoms. The topological polar surface area (TPSA) is 41.6 Å². The van der Waals surface area contributed by atoms with Gasteiger partial charge in [0.2, 0.25) is 0 Å². The molecule has 0 aromatic carbocycles. The number of urea groups is 1. The number of nitrogens with zero attached hydrogens (tertiary/aromatic N) is 1. The minimum absolute atomic E-state index is 0. The van der Waals surface area contributed by atoms with E-state index in [4.69, 9.17) is 4.74 Å². The standard InChI is InChI=1S/C14H22N2O2.H2/c1-5-12-7-8-16(9-13(12)6-2)14(17)15-10-18-11(3)4;/h5-6,11H,1-2,7-10H2,3-4H3,(H,15,17);1H. The molecule has 0 saturated carbocycles. The molecule has 1 rings (SSSR count). The summed E-state index contributed by atoms with van der Waals surface area (Å²) in [6, 6.07) is -0.0990. The van der Waals surface area contributed by atoms with Crippen molar-refractivity contribution in [1.29, 1.82) is 0 Å². The molecule has 4 heteroatoms. The van der Waals surface area contributed by atoms with Crippen molar-refractivity contribution in [3.8, 4) is 0 Å². The molecule has 1 aliphatic heterocycles. The number of allylic oxidation sites excluding steroid dienone is 1. The Bertz CT molecular complexity index is 364. The van der Waals surface area contributed by atoms with Gasteiger partial charge in [-0.3, -0.25) is 0 Å². The van der Waals surface area contributed by atoms with Gasteiger partial charge >= 0.3 is 6.03 Å². The van der Waals surface area contributed by atoms with Gasteiger partial charge in [0.1, 0.15) is 6.73 Å². The Hall–Kier alpha value is -1.55. The number of carbonyl (C=O) groups excluding carboxylic acids is 1. The molecule has 0 unspecified atom stereocenters. The third-order valence-corrected chi connectivity index (χ3v) is 2.84. The maximum absolute atomic E-state index is 11.9. The summed E-state index contributed by atoms with van der Waals surface area (Å²) >= 11 is 0. The highest BCUT2D eigenvalue weighted by Gasteiger charge is 2.19. The third-order valence-electron chi connectivity index (χ3n) is 2.84. The molecule has 0 aromatic rings. The summed E-state index contributed by atoms with van der Waals surface area (Å²) < 4.78 is 5.29. The molecule has 4 nitrogen and oxygen atoms in total. The van der Waals surface area contributed by atoms with E-state index in [2.05, 4.69) is 18.5 Å². The van der Waals surface area contributed by atoms with Gasteiger partial charge in [-0.05, 0) is 31.4 Å². The molecule has 0 aliphatic carbocycles. The van der Waals surface area contributed by atoms with Crippen molar-refractivity contribution in [2.45, 2.75) is 26.4 Å². The fraction of sp³-hybridized carbons (Fsp3) is 0.500. The van der Waals surface area contributed by atoms with Crippen LogP contribution in [0, 0.1) is 0 Å². The van der Waals surface area contributed by atoms with Crippen LogP contribution in [0.15, 0.2) is 36.5 Å². The Morgan fingerprint density at radius 1 is 1.50 bits per heavy atom. The zero-order valence-corrected chi connectivity index (χ0v) is 11.2.